The lowest BCUT2D eigenvalue weighted by Gasteiger charge is -2.01. The average molecular weight is 232 g/mol. The van der Waals surface area contributed by atoms with Crippen molar-refractivity contribution in [2.75, 3.05) is 11.9 Å². The van der Waals surface area contributed by atoms with Crippen molar-refractivity contribution in [3.8, 4) is 0 Å². The van der Waals surface area contributed by atoms with Gasteiger partial charge in [0.15, 0.2) is 0 Å². The second-order valence-corrected chi connectivity index (χ2v) is 3.80. The molecule has 0 radical (unpaired) electrons. The summed E-state index contributed by atoms with van der Waals surface area (Å²) in [7, 11) is 0. The fourth-order valence-corrected chi connectivity index (χ4v) is 1.63. The Labute approximate surface area is 100 Å². The van der Waals surface area contributed by atoms with Gasteiger partial charge in [-0.2, -0.15) is 0 Å². The molecule has 2 aromatic rings. The van der Waals surface area contributed by atoms with Crippen LogP contribution in [-0.2, 0) is 13.0 Å². The van der Waals surface area contributed by atoms with Crippen molar-refractivity contribution >= 4 is 5.69 Å². The van der Waals surface area contributed by atoms with Gasteiger partial charge in [0.25, 0.3) is 0 Å². The summed E-state index contributed by atoms with van der Waals surface area (Å²) in [6.07, 6.45) is 0.542. The third-order valence-corrected chi connectivity index (χ3v) is 2.50. The molecule has 1 aromatic heterocycles. The maximum Gasteiger partial charge on any atom is 0.213 e. The molecule has 0 amide bonds. The summed E-state index contributed by atoms with van der Waals surface area (Å²) in [4.78, 5) is 4.33. The fraction of sp³-hybridized carbons (Fsp3) is 0.308. The van der Waals surface area contributed by atoms with E-state index in [9.17, 15) is 0 Å². The van der Waals surface area contributed by atoms with E-state index >= 15 is 0 Å². The Balaban J connectivity index is 1.97. The molecular weight excluding hydrogens is 216 g/mol. The van der Waals surface area contributed by atoms with Crippen LogP contribution in [0.15, 0.2) is 34.7 Å². The minimum Gasteiger partial charge on any atom is -0.444 e. The maximum atomic E-state index is 8.86. The minimum absolute atomic E-state index is 0.0962. The normalized spacial score (nSPS) is 10.5. The predicted molar refractivity (Wildman–Crippen MR) is 65.8 cm³/mol. The first-order chi connectivity index (χ1) is 8.29. The summed E-state index contributed by atoms with van der Waals surface area (Å²) in [5.41, 5.74) is 1.87. The first-order valence-electron chi connectivity index (χ1n) is 5.64. The lowest BCUT2D eigenvalue weighted by Crippen LogP contribution is -2.00. The highest BCUT2D eigenvalue weighted by molar-refractivity contribution is 5.42. The van der Waals surface area contributed by atoms with E-state index in [0.717, 1.165) is 17.1 Å². The summed E-state index contributed by atoms with van der Waals surface area (Å²) in [6, 6.07) is 9.90. The number of rotatable bonds is 5. The van der Waals surface area contributed by atoms with Crippen LogP contribution >= 0.6 is 0 Å². The molecule has 1 aromatic carbocycles. The van der Waals surface area contributed by atoms with Crippen LogP contribution in [0.2, 0.25) is 0 Å². The van der Waals surface area contributed by atoms with Crippen LogP contribution < -0.4 is 5.32 Å². The Morgan fingerprint density at radius 3 is 2.76 bits per heavy atom. The summed E-state index contributed by atoms with van der Waals surface area (Å²) in [5, 5.41) is 12.1. The Hall–Kier alpha value is -1.81. The van der Waals surface area contributed by atoms with E-state index in [-0.39, 0.29) is 6.61 Å². The number of oxazole rings is 1. The highest BCUT2D eigenvalue weighted by Crippen LogP contribution is 2.12. The topological polar surface area (TPSA) is 58.3 Å². The van der Waals surface area contributed by atoms with Gasteiger partial charge in [0.05, 0.1) is 12.2 Å². The van der Waals surface area contributed by atoms with Crippen molar-refractivity contribution in [3.63, 3.8) is 0 Å². The Morgan fingerprint density at radius 1 is 1.29 bits per heavy atom. The summed E-state index contributed by atoms with van der Waals surface area (Å²) < 4.78 is 5.50. The number of anilines is 1. The van der Waals surface area contributed by atoms with Crippen LogP contribution in [-0.4, -0.2) is 16.7 Å². The van der Waals surface area contributed by atoms with Gasteiger partial charge in [0.2, 0.25) is 5.89 Å². The van der Waals surface area contributed by atoms with Crippen molar-refractivity contribution < 1.29 is 9.52 Å². The predicted octanol–water partition coefficient (Wildman–Crippen LogP) is 2.13. The molecule has 0 unspecified atom stereocenters. The Kier molecular flexibility index (Phi) is 3.77. The van der Waals surface area contributed by atoms with E-state index < -0.39 is 0 Å². The van der Waals surface area contributed by atoms with E-state index in [1.807, 2.05) is 37.3 Å². The van der Waals surface area contributed by atoms with Gasteiger partial charge in [-0.1, -0.05) is 18.2 Å². The number of hydrogen-bond donors (Lipinski definition) is 2. The molecule has 0 aliphatic heterocycles. The van der Waals surface area contributed by atoms with E-state index in [1.54, 1.807) is 0 Å². The molecule has 0 atom stereocenters. The number of para-hydroxylation sites is 1. The van der Waals surface area contributed by atoms with Crippen LogP contribution in [0.1, 0.15) is 17.3 Å². The molecule has 0 aliphatic rings. The maximum absolute atomic E-state index is 8.86. The van der Waals surface area contributed by atoms with Crippen molar-refractivity contribution in [3.05, 3.63) is 47.7 Å². The Morgan fingerprint density at radius 2 is 2.06 bits per heavy atom. The molecule has 0 saturated carbocycles. The zero-order chi connectivity index (χ0) is 12.1. The number of nitrogens with one attached hydrogen (secondary N) is 1. The first kappa shape index (κ1) is 11.7. The molecule has 1 heterocycles. The number of hydrogen-bond acceptors (Lipinski definition) is 4. The molecule has 4 nitrogen and oxygen atoms in total. The van der Waals surface area contributed by atoms with E-state index in [0.29, 0.717) is 18.9 Å². The van der Waals surface area contributed by atoms with Crippen molar-refractivity contribution in [2.24, 2.45) is 0 Å². The summed E-state index contributed by atoms with van der Waals surface area (Å²) in [5.74, 6) is 1.43. The molecular formula is C13H16N2O2. The van der Waals surface area contributed by atoms with Gasteiger partial charge in [-0.25, -0.2) is 4.98 Å². The number of aryl methyl sites for hydroxylation is 1. The summed E-state index contributed by atoms with van der Waals surface area (Å²) in [6.45, 7) is 2.51. The minimum atomic E-state index is 0.0962. The zero-order valence-electron chi connectivity index (χ0n) is 9.81. The molecule has 0 aliphatic carbocycles. The third kappa shape index (κ3) is 3.07. The van der Waals surface area contributed by atoms with Crippen LogP contribution in [0, 0.1) is 6.92 Å². The molecule has 0 spiro atoms. The van der Waals surface area contributed by atoms with Gasteiger partial charge in [-0.15, -0.1) is 0 Å². The van der Waals surface area contributed by atoms with Crippen molar-refractivity contribution in [1.29, 1.82) is 0 Å². The number of aliphatic hydroxyl groups excluding tert-OH is 1. The molecule has 90 valence electrons. The Bertz CT molecular complexity index is 466. The smallest absolute Gasteiger partial charge is 0.213 e. The molecule has 0 saturated heterocycles. The van der Waals surface area contributed by atoms with Crippen LogP contribution in [0.4, 0.5) is 5.69 Å². The summed E-state index contributed by atoms with van der Waals surface area (Å²) >= 11 is 0. The standard InChI is InChI=1S/C13H16N2O2/c1-10-12(7-8-16)15-13(17-10)9-14-11-5-3-2-4-6-11/h2-6,14,16H,7-9H2,1H3. The molecule has 17 heavy (non-hydrogen) atoms. The average Bonchev–Trinajstić information content (AvgIpc) is 2.70. The zero-order valence-corrected chi connectivity index (χ0v) is 9.81. The third-order valence-electron chi connectivity index (χ3n) is 2.50. The highest BCUT2D eigenvalue weighted by atomic mass is 16.4. The van der Waals surface area contributed by atoms with Crippen LogP contribution in [0.25, 0.3) is 0 Å². The molecule has 0 fully saturated rings. The van der Waals surface area contributed by atoms with Crippen molar-refractivity contribution in [1.82, 2.24) is 4.98 Å². The first-order valence-corrected chi connectivity index (χ1v) is 5.64. The largest absolute Gasteiger partial charge is 0.444 e. The monoisotopic (exact) mass is 232 g/mol. The van der Waals surface area contributed by atoms with E-state index in [4.69, 9.17) is 9.52 Å². The quantitative estimate of drug-likeness (QED) is 0.829. The lowest BCUT2D eigenvalue weighted by atomic mass is 10.3. The van der Waals surface area contributed by atoms with Gasteiger partial charge in [-0.05, 0) is 19.1 Å². The number of benzene rings is 1. The van der Waals surface area contributed by atoms with Gasteiger partial charge in [-0.3, -0.25) is 0 Å². The van der Waals surface area contributed by atoms with Gasteiger partial charge in [0, 0.05) is 18.7 Å². The van der Waals surface area contributed by atoms with Gasteiger partial charge in [0.1, 0.15) is 5.76 Å². The van der Waals surface area contributed by atoms with Crippen LogP contribution in [0.3, 0.4) is 0 Å². The van der Waals surface area contributed by atoms with Gasteiger partial charge >= 0.3 is 0 Å². The second kappa shape index (κ2) is 5.50. The fourth-order valence-electron chi connectivity index (χ4n) is 1.63. The van der Waals surface area contributed by atoms with Gasteiger partial charge < -0.3 is 14.8 Å². The van der Waals surface area contributed by atoms with E-state index in [1.165, 1.54) is 0 Å². The van der Waals surface area contributed by atoms with Crippen molar-refractivity contribution in [2.45, 2.75) is 19.9 Å². The number of aliphatic hydroxyl groups is 1. The van der Waals surface area contributed by atoms with Crippen LogP contribution in [0.5, 0.6) is 0 Å². The number of nitrogens with zero attached hydrogens (tertiary/aromatic N) is 1. The molecule has 0 bridgehead atoms. The van der Waals surface area contributed by atoms with E-state index in [2.05, 4.69) is 10.3 Å². The SMILES string of the molecule is Cc1oc(CNc2ccccc2)nc1CCO. The molecule has 4 heteroatoms. The second-order valence-electron chi connectivity index (χ2n) is 3.80. The number of aromatic nitrogens is 1. The highest BCUT2D eigenvalue weighted by Gasteiger charge is 2.08. The lowest BCUT2D eigenvalue weighted by molar-refractivity contribution is 0.297. The molecule has 2 rings (SSSR count). The molecule has 2 N–H and O–H groups in total.